The minimum absolute atomic E-state index is 0.0141. The number of Topliss-reactive ketones (excluding diaryl/α,β-unsaturated/α-hetero) is 1. The third-order valence-electron chi connectivity index (χ3n) is 3.71. The maximum Gasteiger partial charge on any atom is 0.161 e. The zero-order chi connectivity index (χ0) is 14.0. The molecule has 4 heteroatoms. The lowest BCUT2D eigenvalue weighted by Crippen LogP contribution is -2.37. The number of hydrogen-bond acceptors (Lipinski definition) is 3. The van der Waals surface area contributed by atoms with Crippen LogP contribution in [0, 0.1) is 0 Å². The minimum atomic E-state index is 0.0141. The second kappa shape index (κ2) is 5.93. The Hall–Kier alpha value is -1.06. The van der Waals surface area contributed by atoms with Gasteiger partial charge in [0.25, 0.3) is 0 Å². The Kier molecular flexibility index (Phi) is 4.48. The van der Waals surface area contributed by atoms with Crippen molar-refractivity contribution in [2.24, 2.45) is 0 Å². The van der Waals surface area contributed by atoms with Crippen molar-refractivity contribution in [3.05, 3.63) is 28.8 Å². The molecule has 104 valence electrons. The molecule has 0 bridgehead atoms. The van der Waals surface area contributed by atoms with Crippen molar-refractivity contribution in [3.8, 4) is 0 Å². The van der Waals surface area contributed by atoms with Gasteiger partial charge in [0, 0.05) is 30.4 Å². The van der Waals surface area contributed by atoms with Crippen LogP contribution in [0.3, 0.4) is 0 Å². The van der Waals surface area contributed by atoms with E-state index in [1.54, 1.807) is 6.92 Å². The molecule has 0 saturated carbocycles. The molecular weight excluding hydrogens is 260 g/mol. The van der Waals surface area contributed by atoms with E-state index in [-0.39, 0.29) is 5.78 Å². The van der Waals surface area contributed by atoms with Gasteiger partial charge in [-0.2, -0.15) is 0 Å². The first-order chi connectivity index (χ1) is 8.99. The molecular formula is C15H21ClN2O. The highest BCUT2D eigenvalue weighted by Crippen LogP contribution is 2.26. The van der Waals surface area contributed by atoms with E-state index < -0.39 is 0 Å². The van der Waals surface area contributed by atoms with Gasteiger partial charge in [-0.25, -0.2) is 0 Å². The summed E-state index contributed by atoms with van der Waals surface area (Å²) in [6.07, 6.45) is 1.15. The Bertz CT molecular complexity index is 475. The van der Waals surface area contributed by atoms with Gasteiger partial charge in [-0.1, -0.05) is 11.6 Å². The van der Waals surface area contributed by atoms with Crippen LogP contribution >= 0.6 is 11.6 Å². The molecule has 1 unspecified atom stereocenters. The summed E-state index contributed by atoms with van der Waals surface area (Å²) >= 11 is 6.20. The molecule has 1 aliphatic rings. The number of halogens is 1. The normalized spacial score (nSPS) is 21.3. The summed E-state index contributed by atoms with van der Waals surface area (Å²) < 4.78 is 0. The van der Waals surface area contributed by atoms with Crippen molar-refractivity contribution in [1.82, 2.24) is 4.90 Å². The molecule has 1 aromatic carbocycles. The highest BCUT2D eigenvalue weighted by molar-refractivity contribution is 6.34. The molecule has 0 N–H and O–H groups in total. The van der Waals surface area contributed by atoms with Gasteiger partial charge in [0.2, 0.25) is 0 Å². The summed E-state index contributed by atoms with van der Waals surface area (Å²) in [6.45, 7) is 6.98. The van der Waals surface area contributed by atoms with Gasteiger partial charge >= 0.3 is 0 Å². The first-order valence-electron chi connectivity index (χ1n) is 6.74. The summed E-state index contributed by atoms with van der Waals surface area (Å²) in [5.41, 5.74) is 1.71. The van der Waals surface area contributed by atoms with Crippen molar-refractivity contribution >= 4 is 23.1 Å². The lowest BCUT2D eigenvalue weighted by Gasteiger charge is -2.30. The summed E-state index contributed by atoms with van der Waals surface area (Å²) in [5, 5.41) is 0.551. The van der Waals surface area contributed by atoms with E-state index in [1.165, 1.54) is 0 Å². The van der Waals surface area contributed by atoms with Crippen LogP contribution < -0.4 is 4.90 Å². The molecule has 0 radical (unpaired) electrons. The van der Waals surface area contributed by atoms with Crippen LogP contribution in [-0.4, -0.2) is 43.4 Å². The van der Waals surface area contributed by atoms with Gasteiger partial charge in [0.05, 0.1) is 5.02 Å². The number of likely N-dealkylation sites (N-methyl/N-ethyl adjacent to an activating group) is 1. The number of nitrogens with zero attached hydrogens (tertiary/aromatic N) is 2. The zero-order valence-electron chi connectivity index (χ0n) is 11.8. The van der Waals surface area contributed by atoms with E-state index >= 15 is 0 Å². The largest absolute Gasteiger partial charge is 0.367 e. The monoisotopic (exact) mass is 280 g/mol. The van der Waals surface area contributed by atoms with E-state index in [0.29, 0.717) is 16.6 Å². The summed E-state index contributed by atoms with van der Waals surface area (Å²) in [7, 11) is 2.16. The Morgan fingerprint density at radius 3 is 2.74 bits per heavy atom. The maximum atomic E-state index is 11.4. The predicted octanol–water partition coefficient (Wildman–Crippen LogP) is 3.07. The molecule has 1 aliphatic heterocycles. The van der Waals surface area contributed by atoms with Gasteiger partial charge in [-0.3, -0.25) is 4.79 Å². The Balaban J connectivity index is 2.25. The second-order valence-electron chi connectivity index (χ2n) is 5.38. The molecule has 1 fully saturated rings. The quantitative estimate of drug-likeness (QED) is 0.778. The van der Waals surface area contributed by atoms with E-state index in [9.17, 15) is 4.79 Å². The van der Waals surface area contributed by atoms with Crippen LogP contribution in [0.1, 0.15) is 30.6 Å². The van der Waals surface area contributed by atoms with Crippen molar-refractivity contribution < 1.29 is 4.79 Å². The van der Waals surface area contributed by atoms with Gasteiger partial charge in [0.15, 0.2) is 5.78 Å². The zero-order valence-corrected chi connectivity index (χ0v) is 12.6. The molecule has 1 aromatic rings. The maximum absolute atomic E-state index is 11.4. The Morgan fingerprint density at radius 1 is 1.37 bits per heavy atom. The number of hydrogen-bond donors (Lipinski definition) is 0. The third kappa shape index (κ3) is 3.28. The van der Waals surface area contributed by atoms with Crippen LogP contribution in [0.2, 0.25) is 5.02 Å². The fraction of sp³-hybridized carbons (Fsp3) is 0.533. The molecule has 0 spiro atoms. The first kappa shape index (κ1) is 14.4. The molecule has 19 heavy (non-hydrogen) atoms. The Labute approximate surface area is 120 Å². The van der Waals surface area contributed by atoms with Crippen molar-refractivity contribution in [3.63, 3.8) is 0 Å². The van der Waals surface area contributed by atoms with Crippen LogP contribution in [0.5, 0.6) is 0 Å². The minimum Gasteiger partial charge on any atom is -0.367 e. The summed E-state index contributed by atoms with van der Waals surface area (Å²) in [4.78, 5) is 16.1. The number of rotatable bonds is 2. The van der Waals surface area contributed by atoms with Crippen LogP contribution in [0.15, 0.2) is 18.2 Å². The lowest BCUT2D eigenvalue weighted by molar-refractivity contribution is 0.101. The molecule has 1 atom stereocenters. The summed E-state index contributed by atoms with van der Waals surface area (Å²) in [5.74, 6) is 0.0141. The van der Waals surface area contributed by atoms with E-state index in [0.717, 1.165) is 31.7 Å². The molecule has 0 aromatic heterocycles. The number of anilines is 1. The van der Waals surface area contributed by atoms with Crippen LogP contribution in [-0.2, 0) is 0 Å². The molecule has 1 saturated heterocycles. The van der Waals surface area contributed by atoms with E-state index in [2.05, 4.69) is 23.8 Å². The standard InChI is InChI=1S/C15H21ClN2O/c1-11-10-17(3)7-4-8-18(11)13-5-6-14(12(2)19)15(16)9-13/h5-6,9,11H,4,7-8,10H2,1-3H3. The first-order valence-corrected chi connectivity index (χ1v) is 7.12. The number of ketones is 1. The van der Waals surface area contributed by atoms with E-state index in [4.69, 9.17) is 11.6 Å². The van der Waals surface area contributed by atoms with Crippen molar-refractivity contribution in [2.75, 3.05) is 31.6 Å². The van der Waals surface area contributed by atoms with Gasteiger partial charge in [-0.15, -0.1) is 0 Å². The topological polar surface area (TPSA) is 23.6 Å². The average Bonchev–Trinajstić information content (AvgIpc) is 2.49. The average molecular weight is 281 g/mol. The van der Waals surface area contributed by atoms with E-state index in [1.807, 2.05) is 18.2 Å². The Morgan fingerprint density at radius 2 is 2.11 bits per heavy atom. The summed E-state index contributed by atoms with van der Waals surface area (Å²) in [6, 6.07) is 6.21. The molecule has 1 heterocycles. The van der Waals surface area contributed by atoms with Gasteiger partial charge in [-0.05, 0) is 52.1 Å². The van der Waals surface area contributed by atoms with Crippen molar-refractivity contribution in [2.45, 2.75) is 26.3 Å². The fourth-order valence-corrected chi connectivity index (χ4v) is 3.03. The van der Waals surface area contributed by atoms with Gasteiger partial charge in [0.1, 0.15) is 0 Å². The second-order valence-corrected chi connectivity index (χ2v) is 5.79. The smallest absolute Gasteiger partial charge is 0.161 e. The third-order valence-corrected chi connectivity index (χ3v) is 4.02. The lowest BCUT2D eigenvalue weighted by atomic mass is 10.1. The number of carbonyl (C=O) groups is 1. The number of carbonyl (C=O) groups excluding carboxylic acids is 1. The van der Waals surface area contributed by atoms with Crippen LogP contribution in [0.25, 0.3) is 0 Å². The van der Waals surface area contributed by atoms with Crippen molar-refractivity contribution in [1.29, 1.82) is 0 Å². The van der Waals surface area contributed by atoms with Crippen LogP contribution in [0.4, 0.5) is 5.69 Å². The number of benzene rings is 1. The predicted molar refractivity (Wildman–Crippen MR) is 80.4 cm³/mol. The molecule has 0 aliphatic carbocycles. The fourth-order valence-electron chi connectivity index (χ4n) is 2.72. The molecule has 3 nitrogen and oxygen atoms in total. The highest BCUT2D eigenvalue weighted by Gasteiger charge is 2.20. The molecule has 2 rings (SSSR count). The highest BCUT2D eigenvalue weighted by atomic mass is 35.5. The SMILES string of the molecule is CC(=O)c1ccc(N2CCCN(C)CC2C)cc1Cl. The van der Waals surface area contributed by atoms with Gasteiger partial charge < -0.3 is 9.80 Å². The molecule has 0 amide bonds.